The fraction of sp³-hybridized carbons (Fsp3) is 0.875. The number of ether oxygens (including phenoxy) is 1. The molecule has 0 bridgehead atoms. The fourth-order valence-electron chi connectivity index (χ4n) is 1.49. The van der Waals surface area contributed by atoms with Crippen LogP contribution in [0.1, 0.15) is 6.42 Å². The minimum absolute atomic E-state index is 0.132. The van der Waals surface area contributed by atoms with Gasteiger partial charge in [-0.1, -0.05) is 0 Å². The number of methoxy groups -OCH3 is 1. The molecule has 2 atom stereocenters. The van der Waals surface area contributed by atoms with Gasteiger partial charge in [0.2, 0.25) is 10.0 Å². The lowest BCUT2D eigenvalue weighted by Crippen LogP contribution is -2.46. The maximum Gasteiger partial charge on any atom is 0.242 e. The summed E-state index contributed by atoms with van der Waals surface area (Å²) in [5, 5.41) is 3.08. The molecule has 0 aromatic rings. The van der Waals surface area contributed by atoms with Gasteiger partial charge in [-0.2, -0.15) is 0 Å². The Bertz CT molecular complexity index is 270. The van der Waals surface area contributed by atoms with E-state index in [1.165, 1.54) is 25.5 Å². The van der Waals surface area contributed by atoms with Gasteiger partial charge in [0, 0.05) is 27.2 Å². The summed E-state index contributed by atoms with van der Waals surface area (Å²) in [5.74, 6) is 0. The van der Waals surface area contributed by atoms with Crippen LogP contribution in [0.25, 0.3) is 0 Å². The largest absolute Gasteiger partial charge is 0.362 e. The van der Waals surface area contributed by atoms with E-state index in [9.17, 15) is 8.42 Å². The van der Waals surface area contributed by atoms with Gasteiger partial charge in [0.25, 0.3) is 0 Å². The zero-order valence-corrected chi connectivity index (χ0v) is 9.54. The number of hydrogen-bond acceptors (Lipinski definition) is 4. The van der Waals surface area contributed by atoms with Crippen molar-refractivity contribution >= 4 is 10.0 Å². The van der Waals surface area contributed by atoms with Crippen LogP contribution in [-0.2, 0) is 14.8 Å². The van der Waals surface area contributed by atoms with Gasteiger partial charge < -0.3 is 10.1 Å². The van der Waals surface area contributed by atoms with E-state index in [4.69, 9.17) is 4.74 Å². The highest BCUT2D eigenvalue weighted by molar-refractivity contribution is 7.89. The predicted molar refractivity (Wildman–Crippen MR) is 54.1 cm³/mol. The second-order valence-electron chi connectivity index (χ2n) is 3.47. The molecular weight excluding hydrogens is 204 g/mol. The summed E-state index contributed by atoms with van der Waals surface area (Å²) >= 11 is 0. The first-order chi connectivity index (χ1) is 6.50. The number of rotatable bonds is 4. The molecule has 0 saturated carbocycles. The molecule has 1 aliphatic heterocycles. The van der Waals surface area contributed by atoms with Gasteiger partial charge in [-0.3, -0.25) is 0 Å². The van der Waals surface area contributed by atoms with Crippen LogP contribution in [0, 0.1) is 6.42 Å². The SMILES string of the molecule is CO[C@H]([C@@H]1C[CH]CN1)S(=O)(=O)N(C)C. The van der Waals surface area contributed by atoms with E-state index in [0.29, 0.717) is 0 Å². The molecule has 1 radical (unpaired) electrons. The molecule has 0 aromatic heterocycles. The molecule has 1 saturated heterocycles. The highest BCUT2D eigenvalue weighted by Gasteiger charge is 2.36. The molecule has 5 nitrogen and oxygen atoms in total. The number of nitrogens with zero attached hydrogens (tertiary/aromatic N) is 1. The van der Waals surface area contributed by atoms with Crippen molar-refractivity contribution in [2.24, 2.45) is 0 Å². The van der Waals surface area contributed by atoms with Crippen molar-refractivity contribution < 1.29 is 13.2 Å². The van der Waals surface area contributed by atoms with Gasteiger partial charge in [-0.15, -0.1) is 0 Å². The summed E-state index contributed by atoms with van der Waals surface area (Å²) in [4.78, 5) is 0. The second-order valence-corrected chi connectivity index (χ2v) is 5.70. The molecule has 0 unspecified atom stereocenters. The van der Waals surface area contributed by atoms with E-state index in [2.05, 4.69) is 5.32 Å². The average molecular weight is 221 g/mol. The third kappa shape index (κ3) is 2.25. The lowest BCUT2D eigenvalue weighted by molar-refractivity contribution is 0.131. The topological polar surface area (TPSA) is 58.6 Å². The first-order valence-electron chi connectivity index (χ1n) is 4.49. The number of hydrogen-bond donors (Lipinski definition) is 1. The average Bonchev–Trinajstić information content (AvgIpc) is 2.57. The molecule has 1 heterocycles. The van der Waals surface area contributed by atoms with Crippen LogP contribution in [0.15, 0.2) is 0 Å². The maximum absolute atomic E-state index is 11.8. The van der Waals surface area contributed by atoms with E-state index in [0.717, 1.165) is 13.0 Å². The van der Waals surface area contributed by atoms with Gasteiger partial charge >= 0.3 is 0 Å². The molecular formula is C8H17N2O3S. The highest BCUT2D eigenvalue weighted by Crippen LogP contribution is 2.17. The number of sulfonamides is 1. The van der Waals surface area contributed by atoms with Gasteiger partial charge in [-0.05, 0) is 19.4 Å². The van der Waals surface area contributed by atoms with Crippen molar-refractivity contribution in [2.75, 3.05) is 27.7 Å². The summed E-state index contributed by atoms with van der Waals surface area (Å²) in [6.45, 7) is 0.744. The van der Waals surface area contributed by atoms with Crippen LogP contribution < -0.4 is 5.32 Å². The van der Waals surface area contributed by atoms with E-state index in [-0.39, 0.29) is 6.04 Å². The van der Waals surface area contributed by atoms with Crippen LogP contribution in [0.4, 0.5) is 0 Å². The highest BCUT2D eigenvalue weighted by atomic mass is 32.2. The molecule has 83 valence electrons. The summed E-state index contributed by atoms with van der Waals surface area (Å²) in [6.07, 6.45) is 2.74. The third-order valence-electron chi connectivity index (χ3n) is 2.31. The monoisotopic (exact) mass is 221 g/mol. The van der Waals surface area contributed by atoms with Gasteiger partial charge in [0.1, 0.15) is 0 Å². The van der Waals surface area contributed by atoms with Crippen LogP contribution in [0.3, 0.4) is 0 Å². The van der Waals surface area contributed by atoms with Crippen LogP contribution in [0.5, 0.6) is 0 Å². The molecule has 1 N–H and O–H groups in total. The smallest absolute Gasteiger partial charge is 0.242 e. The Morgan fingerprint density at radius 3 is 2.57 bits per heavy atom. The Hall–Kier alpha value is -0.170. The van der Waals surface area contributed by atoms with E-state index in [1.807, 2.05) is 6.42 Å². The Kier molecular flexibility index (Phi) is 3.88. The Morgan fingerprint density at radius 1 is 1.57 bits per heavy atom. The molecule has 0 aliphatic carbocycles. The molecule has 14 heavy (non-hydrogen) atoms. The minimum atomic E-state index is -3.34. The Labute approximate surface area is 85.5 Å². The quantitative estimate of drug-likeness (QED) is 0.690. The molecule has 1 rings (SSSR count). The van der Waals surface area contributed by atoms with E-state index in [1.54, 1.807) is 0 Å². The first-order valence-corrected chi connectivity index (χ1v) is 5.99. The molecule has 0 spiro atoms. The molecule has 1 fully saturated rings. The van der Waals surface area contributed by atoms with E-state index < -0.39 is 15.5 Å². The number of nitrogens with one attached hydrogen (secondary N) is 1. The van der Waals surface area contributed by atoms with Crippen LogP contribution in [-0.4, -0.2) is 52.0 Å². The van der Waals surface area contributed by atoms with Crippen molar-refractivity contribution in [1.29, 1.82) is 0 Å². The minimum Gasteiger partial charge on any atom is -0.362 e. The summed E-state index contributed by atoms with van der Waals surface area (Å²) < 4.78 is 29.8. The standard InChI is InChI=1S/C8H17N2O3S/c1-10(2)14(11,12)8(13-3)7-5-4-6-9-7/h4,7-9H,5-6H2,1-3H3/t7-,8-/m0/s1. The van der Waals surface area contributed by atoms with Crippen molar-refractivity contribution in [3.63, 3.8) is 0 Å². The fourth-order valence-corrected chi connectivity index (χ4v) is 2.77. The van der Waals surface area contributed by atoms with Gasteiger partial charge in [0.15, 0.2) is 5.44 Å². The molecule has 6 heteroatoms. The second kappa shape index (κ2) is 4.57. The summed E-state index contributed by atoms with van der Waals surface area (Å²) in [5.41, 5.74) is -0.795. The van der Waals surface area contributed by atoms with Crippen molar-refractivity contribution in [3.8, 4) is 0 Å². The van der Waals surface area contributed by atoms with Gasteiger partial charge in [-0.25, -0.2) is 12.7 Å². The van der Waals surface area contributed by atoms with Crippen LogP contribution >= 0.6 is 0 Å². The van der Waals surface area contributed by atoms with Crippen LogP contribution in [0.2, 0.25) is 0 Å². The normalized spacial score (nSPS) is 25.6. The zero-order valence-electron chi connectivity index (χ0n) is 8.73. The molecule has 0 amide bonds. The third-order valence-corrected chi connectivity index (χ3v) is 4.43. The van der Waals surface area contributed by atoms with Crippen molar-refractivity contribution in [2.45, 2.75) is 17.9 Å². The summed E-state index contributed by atoms with van der Waals surface area (Å²) in [7, 11) is 1.11. The predicted octanol–water partition coefficient (Wildman–Crippen LogP) is -0.584. The molecule has 1 aliphatic rings. The maximum atomic E-state index is 11.8. The lowest BCUT2D eigenvalue weighted by atomic mass is 10.2. The van der Waals surface area contributed by atoms with Gasteiger partial charge in [0.05, 0.1) is 0 Å². The molecule has 0 aromatic carbocycles. The first kappa shape index (κ1) is 11.9. The summed E-state index contributed by atoms with van der Waals surface area (Å²) in [6, 6.07) is -0.132. The Morgan fingerprint density at radius 2 is 2.21 bits per heavy atom. The Balaban J connectivity index is 2.80. The zero-order chi connectivity index (χ0) is 10.8. The van der Waals surface area contributed by atoms with Crippen molar-refractivity contribution in [3.05, 3.63) is 6.42 Å². The van der Waals surface area contributed by atoms with Crippen molar-refractivity contribution in [1.82, 2.24) is 9.62 Å². The van der Waals surface area contributed by atoms with E-state index >= 15 is 0 Å². The lowest BCUT2D eigenvalue weighted by Gasteiger charge is -2.25.